The molecule has 5 rings (SSSR count). The number of likely N-dealkylation sites (tertiary alicyclic amines) is 1. The average Bonchev–Trinajstić information content (AvgIpc) is 3.17. The van der Waals surface area contributed by atoms with E-state index in [9.17, 15) is 4.79 Å². The van der Waals surface area contributed by atoms with Gasteiger partial charge in [-0.05, 0) is 29.7 Å². The number of benzene rings is 2. The van der Waals surface area contributed by atoms with Gasteiger partial charge in [-0.1, -0.05) is 36.4 Å². The van der Waals surface area contributed by atoms with Crippen LogP contribution in [-0.4, -0.2) is 45.2 Å². The van der Waals surface area contributed by atoms with Gasteiger partial charge in [-0.15, -0.1) is 22.6 Å². The van der Waals surface area contributed by atoms with Crippen molar-refractivity contribution in [2.45, 2.75) is 31.8 Å². The smallest absolute Gasteiger partial charge is 0.254 e. The Balaban J connectivity index is 0.00000192. The van der Waals surface area contributed by atoms with Crippen molar-refractivity contribution in [1.82, 2.24) is 25.0 Å². The van der Waals surface area contributed by atoms with E-state index >= 15 is 0 Å². The number of fused-ring (bicyclic) bond motifs is 2. The molecule has 146 valence electrons. The van der Waals surface area contributed by atoms with Gasteiger partial charge in [-0.25, -0.2) is 0 Å². The van der Waals surface area contributed by atoms with Gasteiger partial charge in [0, 0.05) is 37.7 Å². The second-order valence-corrected chi connectivity index (χ2v) is 7.40. The summed E-state index contributed by atoms with van der Waals surface area (Å²) in [6, 6.07) is 14.1. The summed E-state index contributed by atoms with van der Waals surface area (Å²) in [5.74, 6) is 2.66. The molecule has 2 aliphatic rings. The molecule has 0 radical (unpaired) electrons. The molecule has 2 aliphatic heterocycles. The zero-order valence-corrected chi connectivity index (χ0v) is 16.5. The van der Waals surface area contributed by atoms with Crippen molar-refractivity contribution in [3.05, 3.63) is 59.7 Å². The van der Waals surface area contributed by atoms with Crippen molar-refractivity contribution in [3.8, 4) is 0 Å². The highest BCUT2D eigenvalue weighted by atomic mass is 35.5. The summed E-state index contributed by atoms with van der Waals surface area (Å²) in [6.45, 7) is 4.25. The van der Waals surface area contributed by atoms with Crippen LogP contribution in [0.1, 0.15) is 40.8 Å². The van der Waals surface area contributed by atoms with Crippen LogP contribution in [-0.2, 0) is 13.1 Å². The molecule has 7 heteroatoms. The van der Waals surface area contributed by atoms with E-state index in [1.165, 1.54) is 0 Å². The molecule has 1 N–H and O–H groups in total. The number of rotatable bonds is 2. The number of piperidine rings is 1. The third-order valence-electron chi connectivity index (χ3n) is 5.82. The number of hydrogen-bond donors (Lipinski definition) is 1. The minimum absolute atomic E-state index is 0. The molecular weight excluding hydrogens is 374 g/mol. The van der Waals surface area contributed by atoms with E-state index in [2.05, 4.69) is 32.2 Å². The SMILES string of the molecule is Cl.O=C(c1cccc2ccccc12)N1CCC(c2nnc3n2CCNC3)CC1. The van der Waals surface area contributed by atoms with E-state index in [0.717, 1.165) is 73.6 Å². The molecule has 0 atom stereocenters. The Kier molecular flexibility index (Phi) is 5.33. The monoisotopic (exact) mass is 397 g/mol. The summed E-state index contributed by atoms with van der Waals surface area (Å²) in [6.07, 6.45) is 1.89. The second-order valence-electron chi connectivity index (χ2n) is 7.40. The maximum atomic E-state index is 13.1. The van der Waals surface area contributed by atoms with Crippen LogP contribution in [0.3, 0.4) is 0 Å². The van der Waals surface area contributed by atoms with Crippen LogP contribution in [0.2, 0.25) is 0 Å². The second kappa shape index (κ2) is 7.89. The summed E-state index contributed by atoms with van der Waals surface area (Å²) in [7, 11) is 0. The van der Waals surface area contributed by atoms with Crippen molar-refractivity contribution >= 4 is 29.1 Å². The van der Waals surface area contributed by atoms with Gasteiger partial charge in [0.1, 0.15) is 11.6 Å². The van der Waals surface area contributed by atoms with Crippen molar-refractivity contribution in [2.24, 2.45) is 0 Å². The van der Waals surface area contributed by atoms with E-state index in [0.29, 0.717) is 5.92 Å². The van der Waals surface area contributed by atoms with Crippen LogP contribution in [0, 0.1) is 0 Å². The van der Waals surface area contributed by atoms with E-state index < -0.39 is 0 Å². The molecule has 1 amide bonds. The Labute approximate surface area is 170 Å². The number of halogens is 1. The van der Waals surface area contributed by atoms with Gasteiger partial charge in [0.15, 0.2) is 0 Å². The largest absolute Gasteiger partial charge is 0.339 e. The van der Waals surface area contributed by atoms with Crippen LogP contribution >= 0.6 is 12.4 Å². The molecule has 0 aliphatic carbocycles. The molecule has 0 unspecified atom stereocenters. The van der Waals surface area contributed by atoms with Crippen molar-refractivity contribution in [1.29, 1.82) is 0 Å². The Bertz CT molecular complexity index is 988. The lowest BCUT2D eigenvalue weighted by atomic mass is 9.94. The van der Waals surface area contributed by atoms with Gasteiger partial charge in [0.2, 0.25) is 0 Å². The number of nitrogens with one attached hydrogen (secondary N) is 1. The highest BCUT2D eigenvalue weighted by molar-refractivity contribution is 6.07. The highest BCUT2D eigenvalue weighted by Crippen LogP contribution is 2.29. The minimum atomic E-state index is 0. The van der Waals surface area contributed by atoms with Gasteiger partial charge in [-0.2, -0.15) is 0 Å². The van der Waals surface area contributed by atoms with Gasteiger partial charge in [0.05, 0.1) is 6.54 Å². The molecule has 1 fully saturated rings. The Morgan fingerprint density at radius 3 is 2.64 bits per heavy atom. The molecule has 0 saturated carbocycles. The molecular formula is C21H24ClN5O. The number of nitrogens with zero attached hydrogens (tertiary/aromatic N) is 4. The summed E-state index contributed by atoms with van der Waals surface area (Å²) in [5, 5.41) is 14.3. The lowest BCUT2D eigenvalue weighted by Crippen LogP contribution is -2.39. The first-order valence-electron chi connectivity index (χ1n) is 9.71. The molecule has 0 bridgehead atoms. The zero-order valence-electron chi connectivity index (χ0n) is 15.7. The molecule has 3 heterocycles. The normalized spacial score (nSPS) is 17.2. The predicted molar refractivity (Wildman–Crippen MR) is 111 cm³/mol. The maximum absolute atomic E-state index is 13.1. The standard InChI is InChI=1S/C21H23N5O.ClH/c27-21(18-7-3-5-15-4-1-2-6-17(15)18)25-11-8-16(9-12-25)20-24-23-19-14-22-10-13-26(19)20;/h1-7,16,22H,8-14H2;1H. The fourth-order valence-corrected chi connectivity index (χ4v) is 4.34. The van der Waals surface area contributed by atoms with Crippen molar-refractivity contribution < 1.29 is 4.79 Å². The van der Waals surface area contributed by atoms with Gasteiger partial charge < -0.3 is 14.8 Å². The first-order valence-corrected chi connectivity index (χ1v) is 9.71. The van der Waals surface area contributed by atoms with E-state index in [1.807, 2.05) is 35.2 Å². The number of hydrogen-bond acceptors (Lipinski definition) is 4. The van der Waals surface area contributed by atoms with Gasteiger partial charge >= 0.3 is 0 Å². The zero-order chi connectivity index (χ0) is 18.2. The van der Waals surface area contributed by atoms with Crippen LogP contribution < -0.4 is 5.32 Å². The Hall–Kier alpha value is -2.44. The first-order chi connectivity index (χ1) is 13.3. The van der Waals surface area contributed by atoms with Crippen LogP contribution in [0.15, 0.2) is 42.5 Å². The first kappa shape index (κ1) is 18.9. The summed E-state index contributed by atoms with van der Waals surface area (Å²) < 4.78 is 2.27. The molecule has 6 nitrogen and oxygen atoms in total. The predicted octanol–water partition coefficient (Wildman–Crippen LogP) is 2.98. The van der Waals surface area contributed by atoms with E-state index in [4.69, 9.17) is 0 Å². The van der Waals surface area contributed by atoms with Crippen LogP contribution in [0.5, 0.6) is 0 Å². The van der Waals surface area contributed by atoms with Crippen LogP contribution in [0.25, 0.3) is 10.8 Å². The highest BCUT2D eigenvalue weighted by Gasteiger charge is 2.29. The van der Waals surface area contributed by atoms with Crippen molar-refractivity contribution in [3.63, 3.8) is 0 Å². The number of carbonyl (C=O) groups excluding carboxylic acids is 1. The number of amides is 1. The molecule has 1 saturated heterocycles. The third kappa shape index (κ3) is 3.27. The maximum Gasteiger partial charge on any atom is 0.254 e. The quantitative estimate of drug-likeness (QED) is 0.722. The average molecular weight is 398 g/mol. The number of carbonyl (C=O) groups is 1. The molecule has 3 aromatic rings. The Morgan fingerprint density at radius 1 is 1.00 bits per heavy atom. The summed E-state index contributed by atoms with van der Waals surface area (Å²) in [5.41, 5.74) is 0.803. The van der Waals surface area contributed by atoms with Gasteiger partial charge in [-0.3, -0.25) is 4.79 Å². The fraction of sp³-hybridized carbons (Fsp3) is 0.381. The Morgan fingerprint density at radius 2 is 1.79 bits per heavy atom. The molecule has 0 spiro atoms. The van der Waals surface area contributed by atoms with E-state index in [1.54, 1.807) is 0 Å². The summed E-state index contributed by atoms with van der Waals surface area (Å²) in [4.78, 5) is 15.1. The van der Waals surface area contributed by atoms with Crippen LogP contribution in [0.4, 0.5) is 0 Å². The number of aromatic nitrogens is 3. The lowest BCUT2D eigenvalue weighted by molar-refractivity contribution is 0.0712. The minimum Gasteiger partial charge on any atom is -0.339 e. The molecule has 28 heavy (non-hydrogen) atoms. The topological polar surface area (TPSA) is 63.1 Å². The van der Waals surface area contributed by atoms with Gasteiger partial charge in [0.25, 0.3) is 5.91 Å². The van der Waals surface area contributed by atoms with E-state index in [-0.39, 0.29) is 18.3 Å². The van der Waals surface area contributed by atoms with Crippen molar-refractivity contribution in [2.75, 3.05) is 19.6 Å². The summed E-state index contributed by atoms with van der Waals surface area (Å²) >= 11 is 0. The third-order valence-corrected chi connectivity index (χ3v) is 5.82. The molecule has 2 aromatic carbocycles. The fourth-order valence-electron chi connectivity index (χ4n) is 4.34. The lowest BCUT2D eigenvalue weighted by Gasteiger charge is -2.32. The molecule has 1 aromatic heterocycles.